The number of aromatic hydroxyl groups is 1. The maximum atomic E-state index is 12.5. The summed E-state index contributed by atoms with van der Waals surface area (Å²) in [7, 11) is -4.51. The largest absolute Gasteiger partial charge is 0.507 e. The number of ketones is 1. The van der Waals surface area contributed by atoms with E-state index < -0.39 is 29.9 Å². The smallest absolute Gasteiger partial charge is 0.336 e. The first kappa shape index (κ1) is 19.9. The highest BCUT2D eigenvalue weighted by Gasteiger charge is 2.34. The summed E-state index contributed by atoms with van der Waals surface area (Å²) in [5.41, 5.74) is -0.837. The molecular weight excluding hydrogens is 315 g/mol. The van der Waals surface area contributed by atoms with Gasteiger partial charge in [-0.25, -0.2) is 0 Å². The summed E-state index contributed by atoms with van der Waals surface area (Å²) < 4.78 is 11.4. The van der Waals surface area contributed by atoms with Crippen molar-refractivity contribution in [1.82, 2.24) is 0 Å². The lowest BCUT2D eigenvalue weighted by molar-refractivity contribution is 0.0983. The maximum absolute atomic E-state index is 12.5. The Labute approximate surface area is 137 Å². The van der Waals surface area contributed by atoms with Gasteiger partial charge in [-0.3, -0.25) is 9.36 Å². The van der Waals surface area contributed by atoms with E-state index in [4.69, 9.17) is 0 Å². The minimum Gasteiger partial charge on any atom is -0.507 e. The van der Waals surface area contributed by atoms with Crippen LogP contribution in [0.15, 0.2) is 12.1 Å². The Balaban J connectivity index is 3.64. The second-order valence-electron chi connectivity index (χ2n) is 8.05. The van der Waals surface area contributed by atoms with Crippen molar-refractivity contribution in [2.75, 3.05) is 0 Å². The Bertz CT molecular complexity index is 624. The molecule has 5 nitrogen and oxygen atoms in total. The lowest BCUT2D eigenvalue weighted by Crippen LogP contribution is -2.22. The van der Waals surface area contributed by atoms with Gasteiger partial charge in [0.25, 0.3) is 0 Å². The second kappa shape index (κ2) is 6.04. The highest BCUT2D eigenvalue weighted by atomic mass is 31.2. The number of hydrogen-bond donors (Lipinski definition) is 3. The molecule has 1 rings (SSSR count). The van der Waals surface area contributed by atoms with Gasteiger partial charge in [-0.15, -0.1) is 0 Å². The maximum Gasteiger partial charge on any atom is 0.336 e. The van der Waals surface area contributed by atoms with E-state index in [1.54, 1.807) is 12.1 Å². The molecule has 23 heavy (non-hydrogen) atoms. The normalized spacial score (nSPS) is 14.7. The van der Waals surface area contributed by atoms with Crippen molar-refractivity contribution in [3.05, 3.63) is 28.8 Å². The van der Waals surface area contributed by atoms with Crippen LogP contribution in [0.5, 0.6) is 5.75 Å². The van der Waals surface area contributed by atoms with Crippen LogP contribution < -0.4 is 0 Å². The van der Waals surface area contributed by atoms with Gasteiger partial charge in [0.2, 0.25) is 0 Å². The Morgan fingerprint density at radius 1 is 1.00 bits per heavy atom. The molecule has 0 aliphatic heterocycles. The number of Topliss-reactive ketones (excluding diaryl/α,β-unsaturated/α-hetero) is 1. The molecule has 0 amide bonds. The Kier molecular flexibility index (Phi) is 5.23. The number of benzene rings is 1. The van der Waals surface area contributed by atoms with Crippen molar-refractivity contribution in [2.24, 2.45) is 0 Å². The Morgan fingerprint density at radius 2 is 1.35 bits per heavy atom. The molecule has 0 fully saturated rings. The molecular formula is C17H27O5P. The van der Waals surface area contributed by atoms with Gasteiger partial charge in [0.1, 0.15) is 11.4 Å². The Hall–Kier alpha value is -1.16. The molecule has 0 heterocycles. The summed E-state index contributed by atoms with van der Waals surface area (Å²) in [4.78, 5) is 31.0. The van der Waals surface area contributed by atoms with Crippen LogP contribution in [-0.4, -0.2) is 26.3 Å². The first-order valence-electron chi connectivity index (χ1n) is 7.54. The molecule has 0 aliphatic carbocycles. The zero-order chi connectivity index (χ0) is 18.4. The second-order valence-corrected chi connectivity index (χ2v) is 10.0. The van der Waals surface area contributed by atoms with Crippen LogP contribution in [0, 0.1) is 0 Å². The molecule has 0 spiro atoms. The monoisotopic (exact) mass is 342 g/mol. The highest BCUT2D eigenvalue weighted by Crippen LogP contribution is 2.44. The fraction of sp³-hybridized carbons (Fsp3) is 0.588. The van der Waals surface area contributed by atoms with Crippen LogP contribution in [-0.2, 0) is 15.4 Å². The van der Waals surface area contributed by atoms with Gasteiger partial charge in [-0.2, -0.15) is 0 Å². The molecule has 3 N–H and O–H groups in total. The van der Waals surface area contributed by atoms with Crippen LogP contribution in [0.4, 0.5) is 0 Å². The molecule has 130 valence electrons. The summed E-state index contributed by atoms with van der Waals surface area (Å²) >= 11 is 0. The fourth-order valence-corrected chi connectivity index (χ4v) is 2.77. The van der Waals surface area contributed by atoms with Crippen LogP contribution in [0.1, 0.15) is 70.0 Å². The standard InChI is InChI=1S/C17H27O5P/c1-10(23(20,21)22)14(18)11-8-12(16(2,3)4)15(19)13(9-11)17(5,6)7/h8-10,19H,1-7H3,(H2,20,21,22). The van der Waals surface area contributed by atoms with Gasteiger partial charge >= 0.3 is 7.60 Å². The van der Waals surface area contributed by atoms with Crippen LogP contribution in [0.2, 0.25) is 0 Å². The minimum absolute atomic E-state index is 0.130. The van der Waals surface area contributed by atoms with Gasteiger partial charge in [-0.1, -0.05) is 41.5 Å². The number of phenolic OH excluding ortho intramolecular Hbond substituents is 1. The third kappa shape index (κ3) is 4.43. The fourth-order valence-electron chi connectivity index (χ4n) is 2.31. The summed E-state index contributed by atoms with van der Waals surface area (Å²) in [6.45, 7) is 12.7. The summed E-state index contributed by atoms with van der Waals surface area (Å²) in [6.07, 6.45) is 0. The van der Waals surface area contributed by atoms with Crippen molar-refractivity contribution in [1.29, 1.82) is 0 Å². The third-order valence-electron chi connectivity index (χ3n) is 3.89. The molecule has 1 aromatic carbocycles. The summed E-state index contributed by atoms with van der Waals surface area (Å²) in [5.74, 6) is -0.486. The third-order valence-corrected chi connectivity index (χ3v) is 5.14. The highest BCUT2D eigenvalue weighted by molar-refractivity contribution is 7.53. The van der Waals surface area contributed by atoms with E-state index in [9.17, 15) is 24.3 Å². The van der Waals surface area contributed by atoms with E-state index in [1.165, 1.54) is 6.92 Å². The van der Waals surface area contributed by atoms with Crippen molar-refractivity contribution >= 4 is 13.4 Å². The van der Waals surface area contributed by atoms with Gasteiger partial charge in [0.15, 0.2) is 5.78 Å². The average Bonchev–Trinajstić information content (AvgIpc) is 2.33. The first-order chi connectivity index (χ1) is 10.1. The first-order valence-corrected chi connectivity index (χ1v) is 9.22. The van der Waals surface area contributed by atoms with E-state index in [2.05, 4.69) is 0 Å². The lowest BCUT2D eigenvalue weighted by Gasteiger charge is -2.28. The van der Waals surface area contributed by atoms with Gasteiger partial charge in [0.05, 0.1) is 0 Å². The van der Waals surface area contributed by atoms with Gasteiger partial charge in [0, 0.05) is 16.7 Å². The van der Waals surface area contributed by atoms with Crippen molar-refractivity contribution in [3.63, 3.8) is 0 Å². The molecule has 1 unspecified atom stereocenters. The van der Waals surface area contributed by atoms with E-state index >= 15 is 0 Å². The lowest BCUT2D eigenvalue weighted by atomic mass is 9.78. The quantitative estimate of drug-likeness (QED) is 0.574. The number of rotatable bonds is 3. The number of phenols is 1. The van der Waals surface area contributed by atoms with Crippen molar-refractivity contribution in [2.45, 2.75) is 65.0 Å². The zero-order valence-corrected chi connectivity index (χ0v) is 15.7. The molecule has 0 aliphatic rings. The molecule has 6 heteroatoms. The summed E-state index contributed by atoms with van der Waals surface area (Å²) in [6, 6.07) is 3.08. The van der Waals surface area contributed by atoms with Gasteiger partial charge in [-0.05, 0) is 29.9 Å². The van der Waals surface area contributed by atoms with E-state index in [0.717, 1.165) is 0 Å². The molecule has 0 saturated carbocycles. The summed E-state index contributed by atoms with van der Waals surface area (Å²) in [5, 5.41) is 10.6. The van der Waals surface area contributed by atoms with Crippen molar-refractivity contribution in [3.8, 4) is 5.75 Å². The van der Waals surface area contributed by atoms with E-state index in [0.29, 0.717) is 11.1 Å². The zero-order valence-electron chi connectivity index (χ0n) is 14.8. The predicted molar refractivity (Wildman–Crippen MR) is 91.3 cm³/mol. The molecule has 1 aromatic rings. The van der Waals surface area contributed by atoms with Crippen molar-refractivity contribution < 1.29 is 24.3 Å². The van der Waals surface area contributed by atoms with E-state index in [1.807, 2.05) is 41.5 Å². The topological polar surface area (TPSA) is 94.8 Å². The predicted octanol–water partition coefficient (Wildman–Crippen LogP) is 3.74. The number of carbonyl (C=O) groups is 1. The van der Waals surface area contributed by atoms with Crippen LogP contribution in [0.25, 0.3) is 0 Å². The number of hydrogen-bond acceptors (Lipinski definition) is 3. The molecule has 0 radical (unpaired) electrons. The van der Waals surface area contributed by atoms with Crippen LogP contribution in [0.3, 0.4) is 0 Å². The van der Waals surface area contributed by atoms with Gasteiger partial charge < -0.3 is 14.9 Å². The molecule has 1 atom stereocenters. The van der Waals surface area contributed by atoms with E-state index in [-0.39, 0.29) is 11.3 Å². The molecule has 0 bridgehead atoms. The minimum atomic E-state index is -4.51. The average molecular weight is 342 g/mol. The Morgan fingerprint density at radius 3 is 1.61 bits per heavy atom. The molecule has 0 aromatic heterocycles. The number of carbonyl (C=O) groups excluding carboxylic acids is 1. The molecule has 0 saturated heterocycles. The SMILES string of the molecule is CC(C(=O)c1cc(C(C)(C)C)c(O)c(C(C)(C)C)c1)P(=O)(O)O. The van der Waals surface area contributed by atoms with Crippen LogP contribution >= 0.6 is 7.60 Å².